The van der Waals surface area contributed by atoms with Crippen LogP contribution in [0.15, 0.2) is 54.6 Å². The third-order valence-electron chi connectivity index (χ3n) is 7.98. The quantitative estimate of drug-likeness (QED) is 0.331. The van der Waals surface area contributed by atoms with E-state index in [0.29, 0.717) is 30.3 Å². The first-order chi connectivity index (χ1) is 20.0. The maximum absolute atomic E-state index is 15.0. The van der Waals surface area contributed by atoms with Crippen LogP contribution in [0.3, 0.4) is 0 Å². The number of carbonyl (C=O) groups excluding carboxylic acids is 2. The molecule has 3 aromatic rings. The Morgan fingerprint density at radius 2 is 1.55 bits per heavy atom. The molecule has 2 heterocycles. The fourth-order valence-corrected chi connectivity index (χ4v) is 6.04. The maximum Gasteiger partial charge on any atom is 0.321 e. The Morgan fingerprint density at radius 1 is 0.929 bits per heavy atom. The van der Waals surface area contributed by atoms with Gasteiger partial charge in [-0.15, -0.1) is 0 Å². The van der Waals surface area contributed by atoms with E-state index in [1.807, 2.05) is 7.05 Å². The van der Waals surface area contributed by atoms with Crippen LogP contribution in [0, 0.1) is 35.1 Å². The number of amides is 3. The fourth-order valence-electron chi connectivity index (χ4n) is 6.04. The number of hydrogen-bond donors (Lipinski definition) is 4. The van der Waals surface area contributed by atoms with Crippen molar-refractivity contribution in [3.05, 3.63) is 89.0 Å². The van der Waals surface area contributed by atoms with Gasteiger partial charge in [0.05, 0.1) is 5.56 Å². The summed E-state index contributed by atoms with van der Waals surface area (Å²) in [5, 5.41) is 17.0. The Kier molecular flexibility index (Phi) is 8.22. The fraction of sp³-hybridized carbons (Fsp3) is 0.333. The number of anilines is 1. The second-order valence-corrected chi connectivity index (χ2v) is 10.9. The molecule has 2 saturated heterocycles. The molecular weight excluding hydrogens is 554 g/mol. The van der Waals surface area contributed by atoms with E-state index in [1.165, 1.54) is 4.90 Å². The Hall–Kier alpha value is -4.00. The molecule has 0 radical (unpaired) electrons. The molecule has 5 rings (SSSR count). The molecule has 3 aromatic carbocycles. The molecule has 2 aliphatic rings. The molecule has 5 N–H and O–H groups in total. The minimum absolute atomic E-state index is 0.0101. The van der Waals surface area contributed by atoms with Gasteiger partial charge < -0.3 is 31.3 Å². The first kappa shape index (κ1) is 29.5. The van der Waals surface area contributed by atoms with Crippen molar-refractivity contribution >= 4 is 17.6 Å². The number of hydrogen-bond acceptors (Lipinski definition) is 5. The van der Waals surface area contributed by atoms with Crippen LogP contribution in [-0.4, -0.2) is 73.2 Å². The Balaban J connectivity index is 1.36. The summed E-state index contributed by atoms with van der Waals surface area (Å²) in [7, 11) is 1.92. The van der Waals surface area contributed by atoms with E-state index in [-0.39, 0.29) is 37.4 Å². The van der Waals surface area contributed by atoms with Crippen LogP contribution in [0.25, 0.3) is 11.1 Å². The van der Waals surface area contributed by atoms with Crippen molar-refractivity contribution < 1.29 is 32.3 Å². The predicted molar refractivity (Wildman–Crippen MR) is 149 cm³/mol. The van der Waals surface area contributed by atoms with E-state index in [9.17, 15) is 32.3 Å². The van der Waals surface area contributed by atoms with Crippen LogP contribution in [0.2, 0.25) is 0 Å². The van der Waals surface area contributed by atoms with Gasteiger partial charge >= 0.3 is 6.03 Å². The lowest BCUT2D eigenvalue weighted by Gasteiger charge is -2.55. The molecular formula is C30H31F4N5O3. The highest BCUT2D eigenvalue weighted by atomic mass is 19.1. The average molecular weight is 586 g/mol. The molecule has 42 heavy (non-hydrogen) atoms. The summed E-state index contributed by atoms with van der Waals surface area (Å²) >= 11 is 0. The molecule has 0 spiro atoms. The van der Waals surface area contributed by atoms with Gasteiger partial charge in [-0.25, -0.2) is 22.4 Å². The number of carbonyl (C=O) groups is 2. The van der Waals surface area contributed by atoms with Crippen LogP contribution in [0.1, 0.15) is 15.9 Å². The summed E-state index contributed by atoms with van der Waals surface area (Å²) < 4.78 is 56.9. The van der Waals surface area contributed by atoms with E-state index in [4.69, 9.17) is 5.73 Å². The number of nitrogens with two attached hydrogens (primary N) is 1. The third-order valence-corrected chi connectivity index (χ3v) is 7.98. The molecule has 0 unspecified atom stereocenters. The lowest BCUT2D eigenvalue weighted by molar-refractivity contribution is -0.153. The number of halogens is 4. The highest BCUT2D eigenvalue weighted by Gasteiger charge is 2.53. The number of nitrogens with zero attached hydrogens (tertiary/aromatic N) is 2. The van der Waals surface area contributed by atoms with Crippen LogP contribution in [0.5, 0.6) is 0 Å². The summed E-state index contributed by atoms with van der Waals surface area (Å²) in [6, 6.07) is 10.5. The monoisotopic (exact) mass is 585 g/mol. The van der Waals surface area contributed by atoms with Crippen LogP contribution < -0.4 is 16.4 Å². The first-order valence-electron chi connectivity index (χ1n) is 13.5. The lowest BCUT2D eigenvalue weighted by atomic mass is 9.66. The van der Waals surface area contributed by atoms with Crippen molar-refractivity contribution in [3.63, 3.8) is 0 Å². The molecule has 12 heteroatoms. The second kappa shape index (κ2) is 11.7. The van der Waals surface area contributed by atoms with Crippen molar-refractivity contribution in [2.75, 3.05) is 51.6 Å². The number of fused-ring (bicyclic) bond motifs is 2. The van der Waals surface area contributed by atoms with Gasteiger partial charge in [-0.2, -0.15) is 0 Å². The highest BCUT2D eigenvalue weighted by Crippen LogP contribution is 2.45. The molecule has 0 aromatic heterocycles. The SMILES string of the molecule is CN1C[C@@H]2CN(C(=O)Nc3cc(F)cc(F)c3)C[C@H](C1)[C@]2(O)c1ccc(-c2cc(F)c(C(=O)NCCN)cc2F)cc1. The first-order valence-corrected chi connectivity index (χ1v) is 13.5. The van der Waals surface area contributed by atoms with E-state index >= 15 is 0 Å². The molecule has 2 fully saturated rings. The summed E-state index contributed by atoms with van der Waals surface area (Å²) in [5.74, 6) is -4.86. The van der Waals surface area contributed by atoms with E-state index in [2.05, 4.69) is 15.5 Å². The number of nitrogens with one attached hydrogen (secondary N) is 2. The van der Waals surface area contributed by atoms with Gasteiger partial charge in [0.2, 0.25) is 0 Å². The summed E-state index contributed by atoms with van der Waals surface area (Å²) in [4.78, 5) is 28.7. The molecule has 0 saturated carbocycles. The van der Waals surface area contributed by atoms with Crippen LogP contribution in [-0.2, 0) is 5.60 Å². The number of urea groups is 1. The molecule has 2 bridgehead atoms. The third kappa shape index (κ3) is 5.69. The van der Waals surface area contributed by atoms with Crippen LogP contribution >= 0.6 is 0 Å². The van der Waals surface area contributed by atoms with Gasteiger partial charge in [0, 0.05) is 68.4 Å². The normalized spacial score (nSPS) is 22.1. The molecule has 3 atom stereocenters. The summed E-state index contributed by atoms with van der Waals surface area (Å²) in [6.45, 7) is 1.58. The van der Waals surface area contributed by atoms with Gasteiger partial charge in [0.15, 0.2) is 0 Å². The molecule has 2 aliphatic heterocycles. The highest BCUT2D eigenvalue weighted by molar-refractivity contribution is 5.95. The lowest BCUT2D eigenvalue weighted by Crippen LogP contribution is -2.65. The minimum Gasteiger partial charge on any atom is -0.384 e. The van der Waals surface area contributed by atoms with Gasteiger partial charge in [0.1, 0.15) is 28.9 Å². The predicted octanol–water partition coefficient (Wildman–Crippen LogP) is 3.51. The minimum atomic E-state index is -1.32. The van der Waals surface area contributed by atoms with Crippen molar-refractivity contribution in [2.45, 2.75) is 5.60 Å². The van der Waals surface area contributed by atoms with Crippen molar-refractivity contribution in [2.24, 2.45) is 17.6 Å². The summed E-state index contributed by atoms with van der Waals surface area (Å²) in [6.07, 6.45) is 0. The zero-order valence-electron chi connectivity index (χ0n) is 22.8. The second-order valence-electron chi connectivity index (χ2n) is 10.9. The van der Waals surface area contributed by atoms with Gasteiger partial charge in [-0.1, -0.05) is 24.3 Å². The maximum atomic E-state index is 15.0. The number of benzene rings is 3. The van der Waals surface area contributed by atoms with Crippen molar-refractivity contribution in [1.82, 2.24) is 15.1 Å². The molecule has 222 valence electrons. The van der Waals surface area contributed by atoms with E-state index in [0.717, 1.165) is 24.3 Å². The van der Waals surface area contributed by atoms with Crippen molar-refractivity contribution in [1.29, 1.82) is 0 Å². The van der Waals surface area contributed by atoms with Crippen molar-refractivity contribution in [3.8, 4) is 11.1 Å². The summed E-state index contributed by atoms with van der Waals surface area (Å²) in [5.41, 5.74) is 4.48. The molecule has 3 amide bonds. The smallest absolute Gasteiger partial charge is 0.321 e. The van der Waals surface area contributed by atoms with Crippen LogP contribution in [0.4, 0.5) is 28.0 Å². The number of piperidine rings is 2. The Labute approximate surface area is 240 Å². The van der Waals surface area contributed by atoms with Gasteiger partial charge in [-0.3, -0.25) is 4.79 Å². The average Bonchev–Trinajstić information content (AvgIpc) is 2.93. The molecule has 8 nitrogen and oxygen atoms in total. The van der Waals surface area contributed by atoms with Gasteiger partial charge in [-0.05, 0) is 42.4 Å². The number of rotatable bonds is 6. The van der Waals surface area contributed by atoms with E-state index < -0.39 is 58.2 Å². The van der Waals surface area contributed by atoms with E-state index in [1.54, 1.807) is 24.3 Å². The number of aliphatic hydroxyl groups is 1. The zero-order chi connectivity index (χ0) is 30.2. The zero-order valence-corrected chi connectivity index (χ0v) is 22.8. The Bertz CT molecular complexity index is 1470. The van der Waals surface area contributed by atoms with Gasteiger partial charge in [0.25, 0.3) is 5.91 Å². The standard InChI is InChI=1S/C30H31F4N5O3/c1-38-13-19-15-39(29(41)37-23-9-21(31)8-22(32)10-23)16-20(14-38)30(19,42)18-4-2-17(3-5-18)24-11-27(34)25(12-26(24)33)28(40)36-7-6-35/h2-5,8-12,19-20,42H,6-7,13-16,35H2,1H3,(H,36,40)(H,37,41)/t19-,20+,30+. The molecule has 0 aliphatic carbocycles. The Morgan fingerprint density at radius 3 is 2.14 bits per heavy atom. The number of likely N-dealkylation sites (tertiary alicyclic amines) is 2. The largest absolute Gasteiger partial charge is 0.384 e. The topological polar surface area (TPSA) is 111 Å².